The lowest BCUT2D eigenvalue weighted by Gasteiger charge is -2.27. The number of amides is 4. The molecule has 2 aliphatic heterocycles. The monoisotopic (exact) mass is 486 g/mol. The average Bonchev–Trinajstić information content (AvgIpc) is 3.08. The minimum absolute atomic E-state index is 0.0881. The van der Waals surface area contributed by atoms with Crippen molar-refractivity contribution in [2.24, 2.45) is 0 Å². The van der Waals surface area contributed by atoms with Crippen LogP contribution in [0.4, 0.5) is 10.5 Å². The van der Waals surface area contributed by atoms with Crippen LogP contribution in [0, 0.1) is 6.92 Å². The van der Waals surface area contributed by atoms with E-state index in [2.05, 4.69) is 10.6 Å². The highest BCUT2D eigenvalue weighted by atomic mass is 32.2. The van der Waals surface area contributed by atoms with E-state index in [4.69, 9.17) is 4.74 Å². The summed E-state index contributed by atoms with van der Waals surface area (Å²) in [6.07, 6.45) is 0.324. The number of ether oxygens (including phenoxy) is 1. The molecule has 2 saturated heterocycles. The van der Waals surface area contributed by atoms with Crippen LogP contribution in [0.3, 0.4) is 0 Å². The van der Waals surface area contributed by atoms with Crippen molar-refractivity contribution in [2.45, 2.75) is 24.3 Å². The fourth-order valence-corrected chi connectivity index (χ4v) is 5.60. The second-order valence-electron chi connectivity index (χ2n) is 8.16. The van der Waals surface area contributed by atoms with Crippen LogP contribution in [0.5, 0.6) is 0 Å². The lowest BCUT2D eigenvalue weighted by Crippen LogP contribution is -2.41. The van der Waals surface area contributed by atoms with E-state index in [9.17, 15) is 22.8 Å². The Morgan fingerprint density at radius 1 is 1.12 bits per heavy atom. The Bertz CT molecular complexity index is 1200. The maximum Gasteiger partial charge on any atom is 0.325 e. The van der Waals surface area contributed by atoms with Crippen molar-refractivity contribution in [3.63, 3.8) is 0 Å². The molecule has 4 rings (SSSR count). The second kappa shape index (κ2) is 9.92. The molecular weight excluding hydrogens is 460 g/mol. The van der Waals surface area contributed by atoms with Crippen LogP contribution in [0.2, 0.25) is 0 Å². The minimum atomic E-state index is -3.75. The van der Waals surface area contributed by atoms with Crippen LogP contribution in [0.25, 0.3) is 0 Å². The van der Waals surface area contributed by atoms with Crippen LogP contribution in [0.1, 0.15) is 11.1 Å². The molecule has 2 fully saturated rings. The van der Waals surface area contributed by atoms with Crippen LogP contribution < -0.4 is 10.6 Å². The molecule has 2 heterocycles. The van der Waals surface area contributed by atoms with Crippen molar-refractivity contribution in [2.75, 3.05) is 38.2 Å². The molecule has 2 aliphatic rings. The van der Waals surface area contributed by atoms with Gasteiger partial charge in [-0.1, -0.05) is 36.4 Å². The van der Waals surface area contributed by atoms with E-state index in [0.717, 1.165) is 10.5 Å². The lowest BCUT2D eigenvalue weighted by molar-refractivity contribution is -0.130. The van der Waals surface area contributed by atoms with Crippen molar-refractivity contribution in [1.29, 1.82) is 0 Å². The highest BCUT2D eigenvalue weighted by Gasteiger charge is 2.39. The molecule has 34 heavy (non-hydrogen) atoms. The van der Waals surface area contributed by atoms with E-state index in [-0.39, 0.29) is 23.7 Å². The van der Waals surface area contributed by atoms with Gasteiger partial charge in [-0.05, 0) is 30.2 Å². The van der Waals surface area contributed by atoms with Gasteiger partial charge in [0.2, 0.25) is 15.9 Å². The third kappa shape index (κ3) is 5.11. The molecule has 0 bridgehead atoms. The number of hydrogen-bond acceptors (Lipinski definition) is 6. The van der Waals surface area contributed by atoms with Crippen molar-refractivity contribution < 1.29 is 27.5 Å². The first-order valence-corrected chi connectivity index (χ1v) is 12.3. The fraction of sp³-hybridized carbons (Fsp3) is 0.348. The predicted octanol–water partition coefficient (Wildman–Crippen LogP) is 1.12. The number of carbonyl (C=O) groups is 3. The van der Waals surface area contributed by atoms with Crippen LogP contribution in [-0.4, -0.2) is 74.4 Å². The molecular formula is C23H26N4O6S. The zero-order valence-electron chi connectivity index (χ0n) is 18.7. The number of rotatable bonds is 7. The van der Waals surface area contributed by atoms with Gasteiger partial charge in [0, 0.05) is 25.2 Å². The van der Waals surface area contributed by atoms with Crippen LogP contribution in [-0.2, 0) is 30.8 Å². The van der Waals surface area contributed by atoms with Gasteiger partial charge in [-0.2, -0.15) is 4.31 Å². The molecule has 0 aromatic heterocycles. The van der Waals surface area contributed by atoms with Gasteiger partial charge in [-0.15, -0.1) is 0 Å². The number of nitrogens with zero attached hydrogens (tertiary/aromatic N) is 2. The number of nitrogens with one attached hydrogen (secondary N) is 2. The summed E-state index contributed by atoms with van der Waals surface area (Å²) in [7, 11) is -3.75. The summed E-state index contributed by atoms with van der Waals surface area (Å²) in [6.45, 7) is 2.37. The van der Waals surface area contributed by atoms with Gasteiger partial charge in [0.25, 0.3) is 5.91 Å². The Hall–Kier alpha value is -3.28. The highest BCUT2D eigenvalue weighted by molar-refractivity contribution is 7.89. The van der Waals surface area contributed by atoms with Crippen molar-refractivity contribution in [3.8, 4) is 0 Å². The maximum atomic E-state index is 13.0. The second-order valence-corrected chi connectivity index (χ2v) is 10.1. The number of urea groups is 1. The SMILES string of the molecule is Cc1ccc(NC(=O)CN2C(=O)N[C@@H](Cc3ccccc3)C2=O)cc1S(=O)(=O)N1CCOCC1. The Kier molecular flexibility index (Phi) is 6.96. The van der Waals surface area contributed by atoms with E-state index in [1.807, 2.05) is 30.3 Å². The number of carbonyl (C=O) groups excluding carboxylic acids is 3. The molecule has 2 aromatic carbocycles. The quantitative estimate of drug-likeness (QED) is 0.565. The first-order chi connectivity index (χ1) is 16.3. The fourth-order valence-electron chi connectivity index (χ4n) is 3.94. The van der Waals surface area contributed by atoms with Crippen LogP contribution in [0.15, 0.2) is 53.4 Å². The first-order valence-electron chi connectivity index (χ1n) is 10.9. The van der Waals surface area contributed by atoms with Gasteiger partial charge in [-0.25, -0.2) is 13.2 Å². The predicted molar refractivity (Wildman–Crippen MR) is 124 cm³/mol. The van der Waals surface area contributed by atoms with Gasteiger partial charge in [0.1, 0.15) is 12.6 Å². The topological polar surface area (TPSA) is 125 Å². The number of benzene rings is 2. The number of hydrogen-bond donors (Lipinski definition) is 2. The molecule has 10 nitrogen and oxygen atoms in total. The molecule has 0 spiro atoms. The number of sulfonamides is 1. The van der Waals surface area contributed by atoms with E-state index < -0.39 is 40.5 Å². The molecule has 4 amide bonds. The summed E-state index contributed by atoms with van der Waals surface area (Å²) in [6, 6.07) is 12.5. The Morgan fingerprint density at radius 2 is 1.82 bits per heavy atom. The van der Waals surface area contributed by atoms with E-state index in [0.29, 0.717) is 25.2 Å². The molecule has 11 heteroatoms. The molecule has 0 unspecified atom stereocenters. The maximum absolute atomic E-state index is 13.0. The summed E-state index contributed by atoms with van der Waals surface area (Å²) in [5, 5.41) is 5.20. The molecule has 0 saturated carbocycles. The number of morpholine rings is 1. The molecule has 1 atom stereocenters. The molecule has 0 aliphatic carbocycles. The summed E-state index contributed by atoms with van der Waals surface area (Å²) in [5.41, 5.74) is 1.69. The van der Waals surface area contributed by atoms with Gasteiger partial charge in [0.05, 0.1) is 18.1 Å². The standard InChI is InChI=1S/C23H26N4O6S/c1-16-7-8-18(14-20(16)34(31,32)26-9-11-33-12-10-26)24-21(28)15-27-22(29)19(25-23(27)30)13-17-5-3-2-4-6-17/h2-8,14,19H,9-13,15H2,1H3,(H,24,28)(H,25,30)/t19-/m0/s1. The number of aryl methyl sites for hydroxylation is 1. The first kappa shape index (κ1) is 23.9. The van der Waals surface area contributed by atoms with E-state index in [1.54, 1.807) is 19.1 Å². The van der Waals surface area contributed by atoms with Gasteiger partial charge < -0.3 is 15.4 Å². The summed E-state index contributed by atoms with van der Waals surface area (Å²) in [4.78, 5) is 38.5. The van der Waals surface area contributed by atoms with E-state index >= 15 is 0 Å². The van der Waals surface area contributed by atoms with Gasteiger partial charge >= 0.3 is 6.03 Å². The Morgan fingerprint density at radius 3 is 2.53 bits per heavy atom. The molecule has 0 radical (unpaired) electrons. The third-order valence-corrected chi connectivity index (χ3v) is 7.79. The Labute approximate surface area is 197 Å². The summed E-state index contributed by atoms with van der Waals surface area (Å²) in [5.74, 6) is -1.09. The molecule has 180 valence electrons. The molecule has 2 aromatic rings. The van der Waals surface area contributed by atoms with E-state index in [1.165, 1.54) is 10.4 Å². The average molecular weight is 487 g/mol. The summed E-state index contributed by atoms with van der Waals surface area (Å²) < 4.78 is 32.7. The largest absolute Gasteiger partial charge is 0.379 e. The molecule has 2 N–H and O–H groups in total. The lowest BCUT2D eigenvalue weighted by atomic mass is 10.1. The van der Waals surface area contributed by atoms with Gasteiger partial charge in [0.15, 0.2) is 0 Å². The van der Waals surface area contributed by atoms with Crippen LogP contribution >= 0.6 is 0 Å². The third-order valence-electron chi connectivity index (χ3n) is 5.75. The van der Waals surface area contributed by atoms with Crippen molar-refractivity contribution >= 4 is 33.6 Å². The smallest absolute Gasteiger partial charge is 0.325 e. The number of anilines is 1. The number of imide groups is 1. The Balaban J connectivity index is 1.42. The minimum Gasteiger partial charge on any atom is -0.379 e. The summed E-state index contributed by atoms with van der Waals surface area (Å²) >= 11 is 0. The zero-order chi connectivity index (χ0) is 24.3. The zero-order valence-corrected chi connectivity index (χ0v) is 19.5. The van der Waals surface area contributed by atoms with Crippen molar-refractivity contribution in [1.82, 2.24) is 14.5 Å². The highest BCUT2D eigenvalue weighted by Crippen LogP contribution is 2.24. The van der Waals surface area contributed by atoms with Crippen molar-refractivity contribution in [3.05, 3.63) is 59.7 Å². The normalized spacial score (nSPS) is 19.2. The van der Waals surface area contributed by atoms with Gasteiger partial charge in [-0.3, -0.25) is 14.5 Å².